The van der Waals surface area contributed by atoms with Gasteiger partial charge in [0, 0.05) is 6.61 Å². The molecule has 25 heavy (non-hydrogen) atoms. The van der Waals surface area contributed by atoms with Crippen LogP contribution in [0.4, 0.5) is 0 Å². The summed E-state index contributed by atoms with van der Waals surface area (Å²) in [5.41, 5.74) is 0.440. The van der Waals surface area contributed by atoms with E-state index in [1.165, 1.54) is 19.3 Å². The van der Waals surface area contributed by atoms with E-state index in [0.29, 0.717) is 29.5 Å². The zero-order chi connectivity index (χ0) is 18.3. The first kappa shape index (κ1) is 21.8. The molecule has 0 heterocycles. The van der Waals surface area contributed by atoms with E-state index >= 15 is 0 Å². The van der Waals surface area contributed by atoms with Gasteiger partial charge in [0.1, 0.15) is 5.75 Å². The van der Waals surface area contributed by atoms with Crippen molar-refractivity contribution < 1.29 is 19.4 Å². The molecule has 4 nitrogen and oxygen atoms in total. The molecule has 142 valence electrons. The van der Waals surface area contributed by atoms with Crippen LogP contribution in [-0.4, -0.2) is 30.9 Å². The average Bonchev–Trinajstić information content (AvgIpc) is 2.61. The van der Waals surface area contributed by atoms with Gasteiger partial charge in [0.15, 0.2) is 0 Å². The summed E-state index contributed by atoms with van der Waals surface area (Å²) in [6.45, 7) is 3.44. The lowest BCUT2D eigenvalue weighted by Gasteiger charge is -2.10. The van der Waals surface area contributed by atoms with Gasteiger partial charge in [-0.2, -0.15) is 0 Å². The van der Waals surface area contributed by atoms with Crippen LogP contribution < -0.4 is 4.74 Å². The van der Waals surface area contributed by atoms with Crippen LogP contribution in [0.2, 0.25) is 5.02 Å². The van der Waals surface area contributed by atoms with E-state index in [1.54, 1.807) is 18.2 Å². The Morgan fingerprint density at radius 2 is 1.68 bits per heavy atom. The lowest BCUT2D eigenvalue weighted by atomic mass is 10.2. The van der Waals surface area contributed by atoms with Gasteiger partial charge in [-0.15, -0.1) is 0 Å². The molecule has 0 aliphatic carbocycles. The molecular formula is C20H31ClO4. The number of carbonyl (C=O) groups is 1. The van der Waals surface area contributed by atoms with Crippen LogP contribution >= 0.6 is 11.6 Å². The standard InChI is InChI=1S/C20H31ClO4/c1-2-3-4-6-9-14-24-19-12-11-17(16-18(19)21)20(23)25-15-10-7-5-8-13-22/h11-12,16,22H,2-10,13-15H2,1H3. The minimum absolute atomic E-state index is 0.214. The number of benzene rings is 1. The second kappa shape index (κ2) is 14.0. The molecule has 1 aromatic carbocycles. The number of hydrogen-bond acceptors (Lipinski definition) is 4. The number of ether oxygens (including phenoxy) is 2. The van der Waals surface area contributed by atoms with Crippen molar-refractivity contribution in [2.45, 2.75) is 64.7 Å². The van der Waals surface area contributed by atoms with Gasteiger partial charge >= 0.3 is 5.97 Å². The molecule has 0 aliphatic heterocycles. The number of rotatable bonds is 14. The van der Waals surface area contributed by atoms with Gasteiger partial charge < -0.3 is 14.6 Å². The molecule has 0 aromatic heterocycles. The Morgan fingerprint density at radius 3 is 2.36 bits per heavy atom. The molecule has 0 saturated heterocycles. The Kier molecular flexibility index (Phi) is 12.2. The minimum Gasteiger partial charge on any atom is -0.492 e. The number of aliphatic hydroxyl groups is 1. The molecule has 0 amide bonds. The Morgan fingerprint density at radius 1 is 1.00 bits per heavy atom. The molecule has 0 atom stereocenters. The molecule has 0 saturated carbocycles. The zero-order valence-corrected chi connectivity index (χ0v) is 16.0. The van der Waals surface area contributed by atoms with E-state index < -0.39 is 0 Å². The van der Waals surface area contributed by atoms with E-state index in [2.05, 4.69) is 6.92 Å². The maximum Gasteiger partial charge on any atom is 0.338 e. The molecule has 0 spiro atoms. The molecule has 1 aromatic rings. The highest BCUT2D eigenvalue weighted by atomic mass is 35.5. The first-order chi connectivity index (χ1) is 12.2. The third-order valence-electron chi connectivity index (χ3n) is 3.96. The first-order valence-corrected chi connectivity index (χ1v) is 9.77. The van der Waals surface area contributed by atoms with Gasteiger partial charge in [-0.3, -0.25) is 0 Å². The normalized spacial score (nSPS) is 10.7. The fourth-order valence-electron chi connectivity index (χ4n) is 2.45. The second-order valence-electron chi connectivity index (χ2n) is 6.18. The number of aliphatic hydroxyl groups excluding tert-OH is 1. The van der Waals surface area contributed by atoms with Crippen LogP contribution in [0.1, 0.15) is 75.1 Å². The Labute approximate surface area is 156 Å². The fourth-order valence-corrected chi connectivity index (χ4v) is 2.68. The molecule has 0 aliphatic rings. The highest BCUT2D eigenvalue weighted by Gasteiger charge is 2.10. The van der Waals surface area contributed by atoms with Crippen molar-refractivity contribution in [3.05, 3.63) is 28.8 Å². The van der Waals surface area contributed by atoms with Crippen LogP contribution in [0.3, 0.4) is 0 Å². The lowest BCUT2D eigenvalue weighted by Crippen LogP contribution is -2.07. The Hall–Kier alpha value is -1.26. The van der Waals surface area contributed by atoms with Gasteiger partial charge in [0.25, 0.3) is 0 Å². The predicted molar refractivity (Wildman–Crippen MR) is 102 cm³/mol. The summed E-state index contributed by atoms with van der Waals surface area (Å²) in [6, 6.07) is 5.01. The van der Waals surface area contributed by atoms with Crippen LogP contribution in [-0.2, 0) is 4.74 Å². The van der Waals surface area contributed by atoms with Crippen LogP contribution in [0.15, 0.2) is 18.2 Å². The van der Waals surface area contributed by atoms with Crippen molar-refractivity contribution in [1.29, 1.82) is 0 Å². The van der Waals surface area contributed by atoms with Crippen molar-refractivity contribution >= 4 is 17.6 Å². The largest absolute Gasteiger partial charge is 0.492 e. The highest BCUT2D eigenvalue weighted by Crippen LogP contribution is 2.26. The lowest BCUT2D eigenvalue weighted by molar-refractivity contribution is 0.0497. The zero-order valence-electron chi connectivity index (χ0n) is 15.3. The van der Waals surface area contributed by atoms with Crippen molar-refractivity contribution in [2.75, 3.05) is 19.8 Å². The molecule has 0 unspecified atom stereocenters. The third-order valence-corrected chi connectivity index (χ3v) is 4.25. The van der Waals surface area contributed by atoms with E-state index in [4.69, 9.17) is 26.2 Å². The maximum absolute atomic E-state index is 12.0. The Bertz CT molecular complexity index is 491. The van der Waals surface area contributed by atoms with Gasteiger partial charge in [0.05, 0.1) is 23.8 Å². The van der Waals surface area contributed by atoms with Crippen LogP contribution in [0.5, 0.6) is 5.75 Å². The minimum atomic E-state index is -0.366. The highest BCUT2D eigenvalue weighted by molar-refractivity contribution is 6.32. The number of carbonyl (C=O) groups excluding carboxylic acids is 1. The molecule has 0 radical (unpaired) electrons. The van der Waals surface area contributed by atoms with Gasteiger partial charge in [0.2, 0.25) is 0 Å². The SMILES string of the molecule is CCCCCCCOc1ccc(C(=O)OCCCCCCO)cc1Cl. The Balaban J connectivity index is 2.30. The van der Waals surface area contributed by atoms with Crippen molar-refractivity contribution in [1.82, 2.24) is 0 Å². The predicted octanol–water partition coefficient (Wildman–Crippen LogP) is 5.40. The van der Waals surface area contributed by atoms with Gasteiger partial charge in [-0.1, -0.05) is 50.6 Å². The number of unbranched alkanes of at least 4 members (excludes halogenated alkanes) is 7. The second-order valence-corrected chi connectivity index (χ2v) is 6.59. The summed E-state index contributed by atoms with van der Waals surface area (Å²) in [7, 11) is 0. The molecule has 1 rings (SSSR count). The number of esters is 1. The van der Waals surface area contributed by atoms with E-state index in [-0.39, 0.29) is 12.6 Å². The van der Waals surface area contributed by atoms with Crippen molar-refractivity contribution in [3.63, 3.8) is 0 Å². The number of halogens is 1. The summed E-state index contributed by atoms with van der Waals surface area (Å²) in [5, 5.41) is 9.14. The van der Waals surface area contributed by atoms with Gasteiger partial charge in [-0.25, -0.2) is 4.79 Å². The topological polar surface area (TPSA) is 55.8 Å². The smallest absolute Gasteiger partial charge is 0.338 e. The summed E-state index contributed by atoms with van der Waals surface area (Å²) in [5.74, 6) is 0.243. The van der Waals surface area contributed by atoms with Gasteiger partial charge in [-0.05, 0) is 43.9 Å². The fraction of sp³-hybridized carbons (Fsp3) is 0.650. The van der Waals surface area contributed by atoms with Crippen molar-refractivity contribution in [2.24, 2.45) is 0 Å². The summed E-state index contributed by atoms with van der Waals surface area (Å²) in [6.07, 6.45) is 9.39. The summed E-state index contributed by atoms with van der Waals surface area (Å²) < 4.78 is 10.9. The van der Waals surface area contributed by atoms with Crippen LogP contribution in [0.25, 0.3) is 0 Å². The maximum atomic E-state index is 12.0. The molecule has 1 N–H and O–H groups in total. The van der Waals surface area contributed by atoms with E-state index in [9.17, 15) is 4.79 Å². The first-order valence-electron chi connectivity index (χ1n) is 9.39. The van der Waals surface area contributed by atoms with E-state index in [0.717, 1.165) is 38.5 Å². The van der Waals surface area contributed by atoms with E-state index in [1.807, 2.05) is 0 Å². The number of hydrogen-bond donors (Lipinski definition) is 1. The summed E-state index contributed by atoms with van der Waals surface area (Å²) >= 11 is 6.20. The monoisotopic (exact) mass is 370 g/mol. The average molecular weight is 371 g/mol. The van der Waals surface area contributed by atoms with Crippen LogP contribution in [0, 0.1) is 0 Å². The summed E-state index contributed by atoms with van der Waals surface area (Å²) in [4.78, 5) is 12.0. The third kappa shape index (κ3) is 9.71. The molecule has 0 bridgehead atoms. The molecular weight excluding hydrogens is 340 g/mol. The molecule has 0 fully saturated rings. The quantitative estimate of drug-likeness (QED) is 0.352. The van der Waals surface area contributed by atoms with Crippen molar-refractivity contribution in [3.8, 4) is 5.75 Å². The molecule has 5 heteroatoms.